The molecule has 8 heteroatoms. The van der Waals surface area contributed by atoms with Gasteiger partial charge in [0.2, 0.25) is 0 Å². The van der Waals surface area contributed by atoms with Crippen molar-refractivity contribution in [2.45, 2.75) is 10.9 Å². The zero-order valence-electron chi connectivity index (χ0n) is 10.9. The topological polar surface area (TPSA) is 63.6 Å². The largest absolute Gasteiger partial charge is 0.311 e. The number of halogens is 2. The molecule has 2 aromatic heterocycles. The van der Waals surface area contributed by atoms with Gasteiger partial charge in [0.1, 0.15) is 5.82 Å². The van der Waals surface area contributed by atoms with Crippen LogP contribution in [0.2, 0.25) is 5.02 Å². The fourth-order valence-electron chi connectivity index (χ4n) is 1.93. The third kappa shape index (κ3) is 2.54. The second-order valence-corrected chi connectivity index (χ2v) is 5.70. The molecule has 0 atom stereocenters. The van der Waals surface area contributed by atoms with E-state index in [4.69, 9.17) is 11.6 Å². The molecule has 1 aromatic carbocycles. The van der Waals surface area contributed by atoms with Gasteiger partial charge in [-0.05, 0) is 12.1 Å². The van der Waals surface area contributed by atoms with Gasteiger partial charge in [-0.2, -0.15) is 0 Å². The molecular weight excluding hydrogens is 315 g/mol. The van der Waals surface area contributed by atoms with Gasteiger partial charge in [0, 0.05) is 23.4 Å². The summed E-state index contributed by atoms with van der Waals surface area (Å²) in [5.41, 5.74) is 0.868. The molecule has 0 amide bonds. The summed E-state index contributed by atoms with van der Waals surface area (Å²) in [5, 5.41) is 0.950. The summed E-state index contributed by atoms with van der Waals surface area (Å²) in [4.78, 5) is 22.5. The van der Waals surface area contributed by atoms with Crippen LogP contribution in [0.5, 0.6) is 0 Å². The summed E-state index contributed by atoms with van der Waals surface area (Å²) in [6, 6.07) is 4.56. The van der Waals surface area contributed by atoms with Crippen molar-refractivity contribution < 1.29 is 4.39 Å². The van der Waals surface area contributed by atoms with Crippen LogP contribution in [0.3, 0.4) is 0 Å². The molecule has 0 saturated carbocycles. The molecule has 0 aliphatic heterocycles. The van der Waals surface area contributed by atoms with Gasteiger partial charge in [-0.25, -0.2) is 14.4 Å². The molecule has 0 aliphatic carbocycles. The molecule has 0 saturated heterocycles. The molecule has 21 heavy (non-hydrogen) atoms. The lowest BCUT2D eigenvalue weighted by atomic mass is 10.2. The highest BCUT2D eigenvalue weighted by atomic mass is 35.5. The Kier molecular flexibility index (Phi) is 3.69. The third-order valence-corrected chi connectivity index (χ3v) is 4.44. The minimum Gasteiger partial charge on any atom is -0.311 e. The first kappa shape index (κ1) is 14.1. The average Bonchev–Trinajstić information content (AvgIpc) is 2.77. The highest BCUT2D eigenvalue weighted by Crippen LogP contribution is 2.28. The van der Waals surface area contributed by atoms with Crippen LogP contribution >= 0.6 is 23.4 Å². The monoisotopic (exact) mass is 324 g/mol. The fourth-order valence-corrected chi connectivity index (χ4v) is 3.24. The van der Waals surface area contributed by atoms with E-state index < -0.39 is 0 Å². The number of H-pyrrole nitrogens is 1. The van der Waals surface area contributed by atoms with E-state index in [-0.39, 0.29) is 16.9 Å². The van der Waals surface area contributed by atoms with Gasteiger partial charge in [-0.3, -0.25) is 4.79 Å². The van der Waals surface area contributed by atoms with Gasteiger partial charge < -0.3 is 9.55 Å². The van der Waals surface area contributed by atoms with Crippen LogP contribution < -0.4 is 5.56 Å². The zero-order valence-corrected chi connectivity index (χ0v) is 12.5. The molecule has 0 unspecified atom stereocenters. The van der Waals surface area contributed by atoms with Crippen LogP contribution in [0.15, 0.2) is 34.5 Å². The van der Waals surface area contributed by atoms with E-state index in [1.165, 1.54) is 24.2 Å². The van der Waals surface area contributed by atoms with Crippen LogP contribution in [0.1, 0.15) is 5.56 Å². The molecular formula is C13H10ClFN4OS. The number of aromatic amines is 1. The first-order valence-corrected chi connectivity index (χ1v) is 7.40. The van der Waals surface area contributed by atoms with Crippen LogP contribution in [0.25, 0.3) is 11.2 Å². The highest BCUT2D eigenvalue weighted by Gasteiger charge is 2.14. The second-order valence-electron chi connectivity index (χ2n) is 4.35. The van der Waals surface area contributed by atoms with Crippen molar-refractivity contribution in [1.82, 2.24) is 19.5 Å². The number of nitrogens with one attached hydrogen (secondary N) is 1. The lowest BCUT2D eigenvalue weighted by Crippen LogP contribution is -2.06. The zero-order chi connectivity index (χ0) is 15.0. The molecule has 0 radical (unpaired) electrons. The smallest absolute Gasteiger partial charge is 0.278 e. The minimum atomic E-state index is -0.357. The highest BCUT2D eigenvalue weighted by molar-refractivity contribution is 7.98. The predicted octanol–water partition coefficient (Wildman–Crippen LogP) is 2.74. The molecule has 108 valence electrons. The standard InChI is InChI=1S/C13H10ClFN4OS/c1-19-11-10(12(20)17-6-16-11)18-13(19)21-5-7-8(14)3-2-4-9(7)15/h2-4,6H,5H2,1H3,(H,16,17,20). The molecule has 2 heterocycles. The van der Waals surface area contributed by atoms with E-state index in [0.717, 1.165) is 0 Å². The van der Waals surface area contributed by atoms with Crippen LogP contribution in [-0.4, -0.2) is 19.5 Å². The summed E-state index contributed by atoms with van der Waals surface area (Å²) in [6.45, 7) is 0. The first-order valence-electron chi connectivity index (χ1n) is 6.03. The Morgan fingerprint density at radius 2 is 2.29 bits per heavy atom. The van der Waals surface area contributed by atoms with Gasteiger partial charge >= 0.3 is 0 Å². The SMILES string of the molecule is Cn1c(SCc2c(F)cccc2Cl)nc2c(=O)[nH]cnc21. The predicted molar refractivity (Wildman–Crippen MR) is 80.1 cm³/mol. The van der Waals surface area contributed by atoms with Crippen molar-refractivity contribution in [2.75, 3.05) is 0 Å². The number of imidazole rings is 1. The summed E-state index contributed by atoms with van der Waals surface area (Å²) in [5.74, 6) is -0.0367. The Balaban J connectivity index is 1.94. The van der Waals surface area contributed by atoms with Crippen molar-refractivity contribution >= 4 is 34.5 Å². The first-order chi connectivity index (χ1) is 10.1. The lowest BCUT2D eigenvalue weighted by molar-refractivity contribution is 0.617. The van der Waals surface area contributed by atoms with Gasteiger partial charge in [-0.1, -0.05) is 29.4 Å². The van der Waals surface area contributed by atoms with Crippen molar-refractivity contribution in [3.63, 3.8) is 0 Å². The molecule has 3 aromatic rings. The van der Waals surface area contributed by atoms with E-state index >= 15 is 0 Å². The van der Waals surface area contributed by atoms with E-state index in [2.05, 4.69) is 15.0 Å². The summed E-state index contributed by atoms with van der Waals surface area (Å²) >= 11 is 7.29. The number of aromatic nitrogens is 4. The van der Waals surface area contributed by atoms with Gasteiger partial charge in [0.05, 0.1) is 6.33 Å². The average molecular weight is 325 g/mol. The maximum absolute atomic E-state index is 13.7. The number of hydrogen-bond acceptors (Lipinski definition) is 4. The van der Waals surface area contributed by atoms with Crippen LogP contribution in [0, 0.1) is 5.82 Å². The Bertz CT molecular complexity index is 856. The van der Waals surface area contributed by atoms with E-state index in [9.17, 15) is 9.18 Å². The summed E-state index contributed by atoms with van der Waals surface area (Å²) in [6.07, 6.45) is 1.33. The number of hydrogen-bond donors (Lipinski definition) is 1. The van der Waals surface area contributed by atoms with Crippen molar-refractivity contribution in [2.24, 2.45) is 7.05 Å². The van der Waals surface area contributed by atoms with Gasteiger partial charge in [0.25, 0.3) is 5.56 Å². The maximum Gasteiger partial charge on any atom is 0.278 e. The molecule has 0 bridgehead atoms. The normalized spacial score (nSPS) is 11.2. The van der Waals surface area contributed by atoms with E-state index in [0.29, 0.717) is 27.1 Å². The van der Waals surface area contributed by atoms with Crippen molar-refractivity contribution in [3.05, 3.63) is 51.3 Å². The number of aryl methyl sites for hydroxylation is 1. The minimum absolute atomic E-state index is 0.266. The summed E-state index contributed by atoms with van der Waals surface area (Å²) < 4.78 is 15.4. The van der Waals surface area contributed by atoms with E-state index in [1.54, 1.807) is 23.7 Å². The van der Waals surface area contributed by atoms with Crippen molar-refractivity contribution in [3.8, 4) is 0 Å². The second kappa shape index (κ2) is 5.50. The fraction of sp³-hybridized carbons (Fsp3) is 0.154. The Hall–Kier alpha value is -1.86. The Morgan fingerprint density at radius 3 is 3.00 bits per heavy atom. The molecule has 0 fully saturated rings. The van der Waals surface area contributed by atoms with Crippen molar-refractivity contribution in [1.29, 1.82) is 0 Å². The molecule has 5 nitrogen and oxygen atoms in total. The van der Waals surface area contributed by atoms with E-state index in [1.807, 2.05) is 0 Å². The van der Waals surface area contributed by atoms with Gasteiger partial charge in [0.15, 0.2) is 16.3 Å². The number of rotatable bonds is 3. The Labute approximate surface area is 128 Å². The molecule has 0 spiro atoms. The molecule has 1 N–H and O–H groups in total. The quantitative estimate of drug-likeness (QED) is 0.752. The number of fused-ring (bicyclic) bond motifs is 1. The molecule has 0 aliphatic rings. The number of nitrogens with zero attached hydrogens (tertiary/aromatic N) is 3. The number of benzene rings is 1. The van der Waals surface area contributed by atoms with Crippen LogP contribution in [0.4, 0.5) is 4.39 Å². The van der Waals surface area contributed by atoms with Crippen LogP contribution in [-0.2, 0) is 12.8 Å². The third-order valence-electron chi connectivity index (χ3n) is 3.03. The lowest BCUT2D eigenvalue weighted by Gasteiger charge is -2.05. The maximum atomic E-state index is 13.7. The summed E-state index contributed by atoms with van der Waals surface area (Å²) in [7, 11) is 1.76. The Morgan fingerprint density at radius 1 is 1.48 bits per heavy atom. The number of thioether (sulfide) groups is 1. The van der Waals surface area contributed by atoms with Gasteiger partial charge in [-0.15, -0.1) is 0 Å². The molecule has 3 rings (SSSR count).